The van der Waals surface area contributed by atoms with Crippen molar-refractivity contribution in [1.82, 2.24) is 10.3 Å². The zero-order valence-electron chi connectivity index (χ0n) is 15.1. The molecule has 0 saturated carbocycles. The molecule has 8 heteroatoms. The number of ether oxygens (including phenoxy) is 1. The van der Waals surface area contributed by atoms with Crippen molar-refractivity contribution in [2.24, 2.45) is 0 Å². The highest BCUT2D eigenvalue weighted by Crippen LogP contribution is 2.27. The number of hydrogen-bond acceptors (Lipinski definition) is 7. The van der Waals surface area contributed by atoms with E-state index in [0.717, 1.165) is 15.4 Å². The first kappa shape index (κ1) is 19.9. The van der Waals surface area contributed by atoms with Crippen LogP contribution in [0.4, 0.5) is 0 Å². The summed E-state index contributed by atoms with van der Waals surface area (Å²) in [4.78, 5) is 41.3. The zero-order valence-corrected chi connectivity index (χ0v) is 16.7. The van der Waals surface area contributed by atoms with Gasteiger partial charge in [-0.3, -0.25) is 9.59 Å². The van der Waals surface area contributed by atoms with Crippen molar-refractivity contribution in [1.29, 1.82) is 0 Å². The van der Waals surface area contributed by atoms with Crippen LogP contribution in [0, 0.1) is 0 Å². The smallest absolute Gasteiger partial charge is 0.358 e. The van der Waals surface area contributed by atoms with Gasteiger partial charge in [-0.25, -0.2) is 9.78 Å². The van der Waals surface area contributed by atoms with Crippen LogP contribution in [-0.2, 0) is 20.7 Å². The van der Waals surface area contributed by atoms with Crippen molar-refractivity contribution >= 4 is 40.3 Å². The molecule has 0 fully saturated rings. The Kier molecular flexibility index (Phi) is 6.67. The molecule has 3 rings (SSSR count). The number of carbonyl (C=O) groups excluding carboxylic acids is 3. The average Bonchev–Trinajstić information content (AvgIpc) is 3.37. The molecule has 144 valence electrons. The van der Waals surface area contributed by atoms with E-state index in [0.29, 0.717) is 6.42 Å². The fraction of sp³-hybridized carbons (Fsp3) is 0.200. The molecule has 0 unspecified atom stereocenters. The van der Waals surface area contributed by atoms with E-state index >= 15 is 0 Å². The molecule has 1 atom stereocenters. The Bertz CT molecular complexity index is 952. The SMILES string of the molecule is CC(=O)[C@@H](Cc1ccccc1)NC(=O)COC(=O)c1csc(-c2cccs2)n1. The quantitative estimate of drug-likeness (QED) is 0.572. The minimum absolute atomic E-state index is 0.161. The van der Waals surface area contributed by atoms with Crippen LogP contribution >= 0.6 is 22.7 Å². The van der Waals surface area contributed by atoms with Crippen molar-refractivity contribution < 1.29 is 19.1 Å². The van der Waals surface area contributed by atoms with Gasteiger partial charge in [0.05, 0.1) is 10.9 Å². The number of aromatic nitrogens is 1. The maximum atomic E-state index is 12.1. The summed E-state index contributed by atoms with van der Waals surface area (Å²) in [5.41, 5.74) is 1.09. The van der Waals surface area contributed by atoms with Gasteiger partial charge < -0.3 is 10.1 Å². The fourth-order valence-electron chi connectivity index (χ4n) is 2.47. The molecule has 0 saturated heterocycles. The third kappa shape index (κ3) is 5.34. The number of nitrogens with zero attached hydrogens (tertiary/aromatic N) is 1. The van der Waals surface area contributed by atoms with Crippen LogP contribution in [0.2, 0.25) is 0 Å². The van der Waals surface area contributed by atoms with Gasteiger partial charge in [0.1, 0.15) is 5.01 Å². The molecule has 2 heterocycles. The lowest BCUT2D eigenvalue weighted by molar-refractivity contribution is -0.128. The van der Waals surface area contributed by atoms with Gasteiger partial charge in [-0.2, -0.15) is 0 Å². The minimum atomic E-state index is -0.670. The Balaban J connectivity index is 1.52. The van der Waals surface area contributed by atoms with E-state index in [9.17, 15) is 14.4 Å². The first-order chi connectivity index (χ1) is 13.5. The molecule has 0 aliphatic rings. The fourth-order valence-corrected chi connectivity index (χ4v) is 4.07. The topological polar surface area (TPSA) is 85.4 Å². The zero-order chi connectivity index (χ0) is 19.9. The molecular weight excluding hydrogens is 396 g/mol. The van der Waals surface area contributed by atoms with Gasteiger partial charge in [-0.1, -0.05) is 36.4 Å². The number of ketones is 1. The number of benzene rings is 1. The molecule has 1 aromatic carbocycles. The van der Waals surface area contributed by atoms with E-state index < -0.39 is 24.5 Å². The first-order valence-electron chi connectivity index (χ1n) is 8.53. The standard InChI is InChI=1S/C20H18N2O4S2/c1-13(23)15(10-14-6-3-2-4-7-14)21-18(24)11-26-20(25)16-12-28-19(22-16)17-8-5-9-27-17/h2-9,12,15H,10-11H2,1H3,(H,21,24)/t15-/m1/s1. The number of nitrogens with one attached hydrogen (secondary N) is 1. The molecule has 2 aromatic heterocycles. The molecule has 28 heavy (non-hydrogen) atoms. The van der Waals surface area contributed by atoms with Crippen LogP contribution in [0.3, 0.4) is 0 Å². The summed E-state index contributed by atoms with van der Waals surface area (Å²) in [7, 11) is 0. The largest absolute Gasteiger partial charge is 0.451 e. The van der Waals surface area contributed by atoms with Gasteiger partial charge in [-0.05, 0) is 30.4 Å². The summed E-state index contributed by atoms with van der Waals surface area (Å²) in [5.74, 6) is -1.36. The lowest BCUT2D eigenvalue weighted by Gasteiger charge is -2.16. The predicted molar refractivity (Wildman–Crippen MR) is 108 cm³/mol. The predicted octanol–water partition coefficient (Wildman–Crippen LogP) is 3.34. The van der Waals surface area contributed by atoms with Crippen LogP contribution in [0.15, 0.2) is 53.2 Å². The third-order valence-corrected chi connectivity index (χ3v) is 5.77. The van der Waals surface area contributed by atoms with Crippen LogP contribution < -0.4 is 5.32 Å². The molecule has 0 radical (unpaired) electrons. The molecule has 6 nitrogen and oxygen atoms in total. The van der Waals surface area contributed by atoms with Crippen LogP contribution in [-0.4, -0.2) is 35.3 Å². The molecular formula is C20H18N2O4S2. The van der Waals surface area contributed by atoms with Crippen LogP contribution in [0.5, 0.6) is 0 Å². The van der Waals surface area contributed by atoms with Gasteiger partial charge in [-0.15, -0.1) is 22.7 Å². The normalized spacial score (nSPS) is 11.6. The first-order valence-corrected chi connectivity index (χ1v) is 10.3. The highest BCUT2D eigenvalue weighted by Gasteiger charge is 2.20. The maximum absolute atomic E-state index is 12.1. The van der Waals surface area contributed by atoms with Gasteiger partial charge in [0.15, 0.2) is 18.1 Å². The molecule has 1 amide bonds. The average molecular weight is 415 g/mol. The molecule has 3 aromatic rings. The van der Waals surface area contributed by atoms with E-state index in [-0.39, 0.29) is 11.5 Å². The number of Topliss-reactive ketones (excluding diaryl/α,β-unsaturated/α-hetero) is 1. The highest BCUT2D eigenvalue weighted by atomic mass is 32.1. The number of rotatable bonds is 8. The van der Waals surface area contributed by atoms with Crippen molar-refractivity contribution in [2.75, 3.05) is 6.61 Å². The van der Waals surface area contributed by atoms with Gasteiger partial charge in [0.25, 0.3) is 5.91 Å². The Morgan fingerprint density at radius 3 is 2.57 bits per heavy atom. The van der Waals surface area contributed by atoms with Crippen molar-refractivity contribution in [2.45, 2.75) is 19.4 Å². The van der Waals surface area contributed by atoms with E-state index in [1.165, 1.54) is 29.6 Å². The van der Waals surface area contributed by atoms with Crippen LogP contribution in [0.1, 0.15) is 23.0 Å². The second kappa shape index (κ2) is 9.38. The monoisotopic (exact) mass is 414 g/mol. The second-order valence-electron chi connectivity index (χ2n) is 6.01. The number of hydrogen-bond donors (Lipinski definition) is 1. The summed E-state index contributed by atoms with van der Waals surface area (Å²) in [6.45, 7) is 0.949. The summed E-state index contributed by atoms with van der Waals surface area (Å²) in [5, 5.41) is 6.88. The lowest BCUT2D eigenvalue weighted by Crippen LogP contribution is -2.43. The van der Waals surface area contributed by atoms with Crippen molar-refractivity contribution in [3.63, 3.8) is 0 Å². The molecule has 1 N–H and O–H groups in total. The second-order valence-corrected chi connectivity index (χ2v) is 7.82. The summed E-state index contributed by atoms with van der Waals surface area (Å²) < 4.78 is 5.04. The lowest BCUT2D eigenvalue weighted by atomic mass is 10.0. The van der Waals surface area contributed by atoms with E-state index in [1.54, 1.807) is 5.38 Å². The number of thiophene rings is 1. The summed E-state index contributed by atoms with van der Waals surface area (Å²) in [6, 6.07) is 12.5. The number of esters is 1. The molecule has 0 bridgehead atoms. The molecule has 0 spiro atoms. The van der Waals surface area contributed by atoms with Gasteiger partial charge >= 0.3 is 5.97 Å². The highest BCUT2D eigenvalue weighted by molar-refractivity contribution is 7.20. The van der Waals surface area contributed by atoms with Crippen molar-refractivity contribution in [3.05, 3.63) is 64.5 Å². The summed E-state index contributed by atoms with van der Waals surface area (Å²) >= 11 is 2.87. The van der Waals surface area contributed by atoms with E-state index in [1.807, 2.05) is 47.8 Å². The van der Waals surface area contributed by atoms with Crippen LogP contribution in [0.25, 0.3) is 9.88 Å². The summed E-state index contributed by atoms with van der Waals surface area (Å²) in [6.07, 6.45) is 0.381. The van der Waals surface area contributed by atoms with Gasteiger partial charge in [0, 0.05) is 5.38 Å². The van der Waals surface area contributed by atoms with E-state index in [4.69, 9.17) is 4.74 Å². The Morgan fingerprint density at radius 2 is 1.89 bits per heavy atom. The molecule has 0 aliphatic carbocycles. The Labute approximate surface area is 170 Å². The number of thiazole rings is 1. The van der Waals surface area contributed by atoms with E-state index in [2.05, 4.69) is 10.3 Å². The number of amides is 1. The number of carbonyl (C=O) groups is 3. The minimum Gasteiger partial charge on any atom is -0.451 e. The molecule has 0 aliphatic heterocycles. The Morgan fingerprint density at radius 1 is 1.11 bits per heavy atom. The van der Waals surface area contributed by atoms with Crippen molar-refractivity contribution in [3.8, 4) is 9.88 Å². The van der Waals surface area contributed by atoms with Gasteiger partial charge in [0.2, 0.25) is 0 Å². The maximum Gasteiger partial charge on any atom is 0.358 e. The third-order valence-electron chi connectivity index (χ3n) is 3.89. The Hall–Kier alpha value is -2.84.